The van der Waals surface area contributed by atoms with Crippen LogP contribution in [0.25, 0.3) is 11.3 Å². The molecule has 0 fully saturated rings. The van der Waals surface area contributed by atoms with E-state index in [9.17, 15) is 14.4 Å². The van der Waals surface area contributed by atoms with Crippen molar-refractivity contribution in [2.45, 2.75) is 6.42 Å². The van der Waals surface area contributed by atoms with Crippen LogP contribution < -0.4 is 5.32 Å². The highest BCUT2D eigenvalue weighted by Gasteiger charge is 2.34. The maximum absolute atomic E-state index is 12.5. The molecule has 0 aliphatic carbocycles. The van der Waals surface area contributed by atoms with E-state index < -0.39 is 5.91 Å². The average molecular weight is 446 g/mol. The van der Waals surface area contributed by atoms with Crippen LogP contribution in [0.15, 0.2) is 41.8 Å². The van der Waals surface area contributed by atoms with E-state index in [4.69, 9.17) is 23.2 Å². The zero-order chi connectivity index (χ0) is 20.7. The van der Waals surface area contributed by atoms with Gasteiger partial charge in [0.05, 0.1) is 28.3 Å². The van der Waals surface area contributed by atoms with Gasteiger partial charge in [-0.2, -0.15) is 0 Å². The summed E-state index contributed by atoms with van der Waals surface area (Å²) in [6, 6.07) is 10.0. The summed E-state index contributed by atoms with van der Waals surface area (Å²) in [6.07, 6.45) is -0.0490. The molecule has 0 spiro atoms. The lowest BCUT2D eigenvalue weighted by atomic mass is 10.00. The third-order valence-electron chi connectivity index (χ3n) is 4.51. The molecule has 29 heavy (non-hydrogen) atoms. The van der Waals surface area contributed by atoms with Gasteiger partial charge in [-0.15, -0.1) is 11.3 Å². The number of imide groups is 1. The van der Waals surface area contributed by atoms with E-state index in [1.807, 2.05) is 0 Å². The van der Waals surface area contributed by atoms with Gasteiger partial charge in [0.2, 0.25) is 5.91 Å². The fourth-order valence-electron chi connectivity index (χ4n) is 3.11. The molecule has 0 bridgehead atoms. The van der Waals surface area contributed by atoms with Crippen molar-refractivity contribution in [1.29, 1.82) is 0 Å². The predicted octanol–water partition coefficient (Wildman–Crippen LogP) is 4.52. The number of hydrogen-bond acceptors (Lipinski definition) is 5. The highest BCUT2D eigenvalue weighted by Crippen LogP contribution is 2.32. The van der Waals surface area contributed by atoms with Crippen LogP contribution in [0.3, 0.4) is 0 Å². The molecule has 3 amide bonds. The van der Waals surface area contributed by atoms with Crippen molar-refractivity contribution in [2.24, 2.45) is 0 Å². The quantitative estimate of drug-likeness (QED) is 0.598. The maximum Gasteiger partial charge on any atom is 0.261 e. The summed E-state index contributed by atoms with van der Waals surface area (Å²) >= 11 is 13.4. The number of benzene rings is 2. The summed E-state index contributed by atoms with van der Waals surface area (Å²) in [5, 5.41) is 5.91. The molecular formula is C20H13Cl2N3O3S. The molecular weight excluding hydrogens is 433 g/mol. The van der Waals surface area contributed by atoms with Crippen molar-refractivity contribution in [3.63, 3.8) is 0 Å². The standard InChI is InChI=1S/C20H13Cl2N3O3S/c1-25-18(27)13-4-2-3-10(17(13)19(25)28)7-16(26)24-20-23-15(9-29-20)12-6-5-11(21)8-14(12)22/h2-6,8-9H,7H2,1H3,(H,23,24,26). The Morgan fingerprint density at radius 3 is 2.69 bits per heavy atom. The molecule has 1 N–H and O–H groups in total. The number of nitrogens with one attached hydrogen (secondary N) is 1. The molecule has 146 valence electrons. The van der Waals surface area contributed by atoms with Gasteiger partial charge < -0.3 is 5.32 Å². The third kappa shape index (κ3) is 3.64. The number of carbonyl (C=O) groups excluding carboxylic acids is 3. The lowest BCUT2D eigenvalue weighted by molar-refractivity contribution is -0.115. The molecule has 1 aliphatic heterocycles. The van der Waals surface area contributed by atoms with E-state index in [1.165, 1.54) is 18.4 Å². The number of rotatable bonds is 4. The molecule has 3 aromatic rings. The summed E-state index contributed by atoms with van der Waals surface area (Å²) in [6.45, 7) is 0. The second-order valence-corrected chi connectivity index (χ2v) is 8.10. The Kier molecular flexibility index (Phi) is 5.12. The number of fused-ring (bicyclic) bond motifs is 1. The Balaban J connectivity index is 1.52. The van der Waals surface area contributed by atoms with E-state index in [1.54, 1.807) is 41.8 Å². The van der Waals surface area contributed by atoms with Crippen LogP contribution in [0, 0.1) is 0 Å². The first-order valence-corrected chi connectivity index (χ1v) is 10.1. The molecule has 6 nitrogen and oxygen atoms in total. The van der Waals surface area contributed by atoms with E-state index in [0.29, 0.717) is 37.6 Å². The molecule has 0 unspecified atom stereocenters. The number of thiazole rings is 1. The number of hydrogen-bond donors (Lipinski definition) is 1. The molecule has 2 aromatic carbocycles. The maximum atomic E-state index is 12.5. The molecule has 2 heterocycles. The van der Waals surface area contributed by atoms with Crippen molar-refractivity contribution in [2.75, 3.05) is 12.4 Å². The molecule has 0 saturated heterocycles. The number of carbonyl (C=O) groups is 3. The van der Waals surface area contributed by atoms with Crippen LogP contribution in [0.1, 0.15) is 26.3 Å². The van der Waals surface area contributed by atoms with Gasteiger partial charge in [0.15, 0.2) is 5.13 Å². The van der Waals surface area contributed by atoms with Gasteiger partial charge in [-0.1, -0.05) is 35.3 Å². The van der Waals surface area contributed by atoms with Crippen LogP contribution in [-0.4, -0.2) is 34.7 Å². The predicted molar refractivity (Wildman–Crippen MR) is 113 cm³/mol. The molecule has 9 heteroatoms. The monoisotopic (exact) mass is 445 g/mol. The van der Waals surface area contributed by atoms with Crippen LogP contribution in [-0.2, 0) is 11.2 Å². The summed E-state index contributed by atoms with van der Waals surface area (Å²) in [4.78, 5) is 42.4. The zero-order valence-corrected chi connectivity index (χ0v) is 17.4. The molecule has 0 atom stereocenters. The fraction of sp³-hybridized carbons (Fsp3) is 0.100. The molecule has 1 aromatic heterocycles. The lowest BCUT2D eigenvalue weighted by Gasteiger charge is -2.07. The average Bonchev–Trinajstić information content (AvgIpc) is 3.21. The Labute approximate surface area is 180 Å². The summed E-state index contributed by atoms with van der Waals surface area (Å²) < 4.78 is 0. The van der Waals surface area contributed by atoms with Gasteiger partial charge in [0, 0.05) is 23.0 Å². The van der Waals surface area contributed by atoms with E-state index in [-0.39, 0.29) is 23.8 Å². The van der Waals surface area contributed by atoms with E-state index in [2.05, 4.69) is 10.3 Å². The normalized spacial score (nSPS) is 13.0. The van der Waals surface area contributed by atoms with Crippen molar-refractivity contribution in [3.05, 3.63) is 68.5 Å². The first-order chi connectivity index (χ1) is 13.8. The summed E-state index contributed by atoms with van der Waals surface area (Å²) in [7, 11) is 1.42. The lowest BCUT2D eigenvalue weighted by Crippen LogP contribution is -2.24. The number of nitrogens with zero attached hydrogens (tertiary/aromatic N) is 2. The van der Waals surface area contributed by atoms with Crippen LogP contribution in [0.5, 0.6) is 0 Å². The molecule has 1 aliphatic rings. The number of halogens is 2. The van der Waals surface area contributed by atoms with Gasteiger partial charge in [-0.05, 0) is 29.8 Å². The van der Waals surface area contributed by atoms with Gasteiger partial charge in [0.25, 0.3) is 11.8 Å². The SMILES string of the molecule is CN1C(=O)c2cccc(CC(=O)Nc3nc(-c4ccc(Cl)cc4Cl)cs3)c2C1=O. The van der Waals surface area contributed by atoms with Crippen molar-refractivity contribution < 1.29 is 14.4 Å². The topological polar surface area (TPSA) is 79.4 Å². The molecule has 0 radical (unpaired) electrons. The third-order valence-corrected chi connectivity index (χ3v) is 5.82. The Hall–Kier alpha value is -2.74. The first kappa shape index (κ1) is 19.6. The van der Waals surface area contributed by atoms with E-state index >= 15 is 0 Å². The minimum absolute atomic E-state index is 0.0490. The summed E-state index contributed by atoms with van der Waals surface area (Å²) in [5.41, 5.74) is 2.43. The highest BCUT2D eigenvalue weighted by atomic mass is 35.5. The van der Waals surface area contributed by atoms with Gasteiger partial charge in [-0.3, -0.25) is 19.3 Å². The number of amides is 3. The first-order valence-electron chi connectivity index (χ1n) is 8.50. The number of aromatic nitrogens is 1. The minimum atomic E-state index is -0.401. The van der Waals surface area contributed by atoms with Crippen LogP contribution in [0.4, 0.5) is 5.13 Å². The van der Waals surface area contributed by atoms with Crippen molar-refractivity contribution in [3.8, 4) is 11.3 Å². The van der Waals surface area contributed by atoms with Crippen molar-refractivity contribution >= 4 is 57.4 Å². The smallest absolute Gasteiger partial charge is 0.261 e. The Bertz CT molecular complexity index is 1180. The molecule has 0 saturated carbocycles. The van der Waals surface area contributed by atoms with Gasteiger partial charge in [-0.25, -0.2) is 4.98 Å². The zero-order valence-electron chi connectivity index (χ0n) is 15.0. The fourth-order valence-corrected chi connectivity index (χ4v) is 4.34. The minimum Gasteiger partial charge on any atom is -0.302 e. The molecule has 4 rings (SSSR count). The second-order valence-electron chi connectivity index (χ2n) is 6.40. The van der Waals surface area contributed by atoms with Gasteiger partial charge in [0.1, 0.15) is 0 Å². The number of anilines is 1. The van der Waals surface area contributed by atoms with E-state index in [0.717, 1.165) is 4.90 Å². The van der Waals surface area contributed by atoms with Gasteiger partial charge >= 0.3 is 0 Å². The highest BCUT2D eigenvalue weighted by molar-refractivity contribution is 7.14. The largest absolute Gasteiger partial charge is 0.302 e. The Morgan fingerprint density at radius 2 is 1.93 bits per heavy atom. The Morgan fingerprint density at radius 1 is 1.14 bits per heavy atom. The van der Waals surface area contributed by atoms with Crippen LogP contribution >= 0.6 is 34.5 Å². The second kappa shape index (κ2) is 7.59. The summed E-state index contributed by atoms with van der Waals surface area (Å²) in [5.74, 6) is -1.10. The van der Waals surface area contributed by atoms with Crippen molar-refractivity contribution in [1.82, 2.24) is 9.88 Å². The van der Waals surface area contributed by atoms with Crippen LogP contribution in [0.2, 0.25) is 10.0 Å².